The van der Waals surface area contributed by atoms with Gasteiger partial charge in [-0.3, -0.25) is 0 Å². The molecule has 0 radical (unpaired) electrons. The Hall–Kier alpha value is -1.74. The van der Waals surface area contributed by atoms with Gasteiger partial charge < -0.3 is 9.84 Å². The Balaban J connectivity index is 2.25. The molecule has 0 saturated carbocycles. The van der Waals surface area contributed by atoms with Crippen LogP contribution < -0.4 is 0 Å². The van der Waals surface area contributed by atoms with E-state index < -0.39 is 5.60 Å². The van der Waals surface area contributed by atoms with E-state index in [0.717, 1.165) is 5.56 Å². The number of benzene rings is 1. The highest BCUT2D eigenvalue weighted by Gasteiger charge is 2.04. The van der Waals surface area contributed by atoms with E-state index in [9.17, 15) is 5.11 Å². The molecule has 1 aromatic rings. The monoisotopic (exact) mass is 228 g/mol. The minimum Gasteiger partial charge on any atom is -0.378 e. The first-order chi connectivity index (χ1) is 8.08. The summed E-state index contributed by atoms with van der Waals surface area (Å²) < 4.78 is 5.19. The van der Waals surface area contributed by atoms with Gasteiger partial charge in [-0.05, 0) is 26.0 Å². The van der Waals surface area contributed by atoms with Crippen molar-refractivity contribution in [3.8, 4) is 23.7 Å². The average molecular weight is 228 g/mol. The van der Waals surface area contributed by atoms with E-state index >= 15 is 0 Å². The minimum atomic E-state index is -0.959. The Morgan fingerprint density at radius 1 is 1.12 bits per heavy atom. The molecule has 17 heavy (non-hydrogen) atoms. The maximum absolute atomic E-state index is 9.31. The SMILES string of the molecule is CC(C)(O)C#CCOCC#Cc1ccccc1. The molecule has 0 bridgehead atoms. The highest BCUT2D eigenvalue weighted by Crippen LogP contribution is 1.96. The van der Waals surface area contributed by atoms with Crippen molar-refractivity contribution >= 4 is 0 Å². The fourth-order valence-electron chi connectivity index (χ4n) is 1.07. The molecule has 0 aliphatic heterocycles. The fourth-order valence-corrected chi connectivity index (χ4v) is 1.07. The zero-order valence-corrected chi connectivity index (χ0v) is 10.2. The fraction of sp³-hybridized carbons (Fsp3) is 0.333. The minimum absolute atomic E-state index is 0.285. The molecule has 1 aromatic carbocycles. The molecule has 2 nitrogen and oxygen atoms in total. The van der Waals surface area contributed by atoms with Gasteiger partial charge in [0.05, 0.1) is 0 Å². The highest BCUT2D eigenvalue weighted by molar-refractivity contribution is 5.33. The summed E-state index contributed by atoms with van der Waals surface area (Å²) in [5.74, 6) is 11.3. The van der Waals surface area contributed by atoms with Gasteiger partial charge in [0.25, 0.3) is 0 Å². The Morgan fingerprint density at radius 3 is 2.41 bits per heavy atom. The molecule has 0 heterocycles. The Kier molecular flexibility index (Phi) is 5.30. The number of hydrogen-bond acceptors (Lipinski definition) is 2. The van der Waals surface area contributed by atoms with Crippen molar-refractivity contribution in [2.75, 3.05) is 13.2 Å². The summed E-state index contributed by atoms with van der Waals surface area (Å²) in [6.07, 6.45) is 0. The van der Waals surface area contributed by atoms with Crippen LogP contribution in [0.15, 0.2) is 30.3 Å². The van der Waals surface area contributed by atoms with Crippen molar-refractivity contribution in [1.82, 2.24) is 0 Å². The molecule has 0 amide bonds. The second-order valence-corrected chi connectivity index (χ2v) is 4.02. The Labute approximate surface area is 103 Å². The van der Waals surface area contributed by atoms with Crippen molar-refractivity contribution in [2.45, 2.75) is 19.4 Å². The maximum atomic E-state index is 9.31. The van der Waals surface area contributed by atoms with Crippen molar-refractivity contribution in [3.63, 3.8) is 0 Å². The zero-order chi connectivity index (χ0) is 12.6. The molecule has 1 N–H and O–H groups in total. The largest absolute Gasteiger partial charge is 0.378 e. The summed E-state index contributed by atoms with van der Waals surface area (Å²) in [7, 11) is 0. The molecular weight excluding hydrogens is 212 g/mol. The maximum Gasteiger partial charge on any atom is 0.120 e. The lowest BCUT2D eigenvalue weighted by atomic mass is 10.1. The first kappa shape index (κ1) is 13.3. The third-order valence-electron chi connectivity index (χ3n) is 1.75. The molecule has 0 aliphatic rings. The lowest BCUT2D eigenvalue weighted by Crippen LogP contribution is -2.14. The predicted molar refractivity (Wildman–Crippen MR) is 68.2 cm³/mol. The predicted octanol–water partition coefficient (Wildman–Crippen LogP) is 1.83. The van der Waals surface area contributed by atoms with Crippen molar-refractivity contribution in [1.29, 1.82) is 0 Å². The summed E-state index contributed by atoms with van der Waals surface area (Å²) in [5.41, 5.74) is 0.0117. The summed E-state index contributed by atoms with van der Waals surface area (Å²) in [6.45, 7) is 3.90. The lowest BCUT2D eigenvalue weighted by Gasteiger charge is -2.05. The molecule has 0 saturated heterocycles. The van der Waals surface area contributed by atoms with Crippen LogP contribution in [0.3, 0.4) is 0 Å². The van der Waals surface area contributed by atoms with Crippen molar-refractivity contribution < 1.29 is 9.84 Å². The zero-order valence-electron chi connectivity index (χ0n) is 10.2. The van der Waals surface area contributed by atoms with Crippen LogP contribution >= 0.6 is 0 Å². The molecular formula is C15H16O2. The van der Waals surface area contributed by atoms with Gasteiger partial charge in [-0.15, -0.1) is 0 Å². The average Bonchev–Trinajstić information content (AvgIpc) is 2.28. The van der Waals surface area contributed by atoms with Gasteiger partial charge in [0.15, 0.2) is 0 Å². The van der Waals surface area contributed by atoms with E-state index in [4.69, 9.17) is 4.74 Å². The first-order valence-electron chi connectivity index (χ1n) is 5.42. The molecule has 1 rings (SSSR count). The number of aliphatic hydroxyl groups is 1. The first-order valence-corrected chi connectivity index (χ1v) is 5.42. The van der Waals surface area contributed by atoms with Crippen LogP contribution in [0.5, 0.6) is 0 Å². The third-order valence-corrected chi connectivity index (χ3v) is 1.75. The summed E-state index contributed by atoms with van der Waals surface area (Å²) >= 11 is 0. The number of ether oxygens (including phenoxy) is 1. The van der Waals surface area contributed by atoms with Gasteiger partial charge in [0, 0.05) is 5.56 Å². The molecule has 88 valence electrons. The lowest BCUT2D eigenvalue weighted by molar-refractivity contribution is 0.142. The van der Waals surface area contributed by atoms with Crippen LogP contribution in [0.2, 0.25) is 0 Å². The van der Waals surface area contributed by atoms with Crippen molar-refractivity contribution in [2.24, 2.45) is 0 Å². The summed E-state index contributed by atoms with van der Waals surface area (Å²) in [6, 6.07) is 9.73. The van der Waals surface area contributed by atoms with Gasteiger partial charge in [0.2, 0.25) is 0 Å². The molecule has 0 fully saturated rings. The van der Waals surface area contributed by atoms with E-state index in [1.807, 2.05) is 30.3 Å². The van der Waals surface area contributed by atoms with Crippen LogP contribution in [0, 0.1) is 23.7 Å². The number of rotatable bonds is 2. The van der Waals surface area contributed by atoms with Gasteiger partial charge in [-0.2, -0.15) is 0 Å². The van der Waals surface area contributed by atoms with E-state index in [1.165, 1.54) is 0 Å². The summed E-state index contributed by atoms with van der Waals surface area (Å²) in [5, 5.41) is 9.31. The molecule has 2 heteroatoms. The molecule has 0 unspecified atom stereocenters. The standard InChI is InChI=1S/C15H16O2/c1-15(2,16)11-7-13-17-12-6-10-14-8-4-3-5-9-14/h3-5,8-9,16H,12-13H2,1-2H3. The van der Waals surface area contributed by atoms with E-state index in [2.05, 4.69) is 23.7 Å². The van der Waals surface area contributed by atoms with E-state index in [1.54, 1.807) is 13.8 Å². The van der Waals surface area contributed by atoms with Crippen LogP contribution in [0.4, 0.5) is 0 Å². The smallest absolute Gasteiger partial charge is 0.120 e. The van der Waals surface area contributed by atoms with Gasteiger partial charge in [-0.25, -0.2) is 0 Å². The molecule has 0 aromatic heterocycles. The molecule has 0 aliphatic carbocycles. The topological polar surface area (TPSA) is 29.5 Å². The quantitative estimate of drug-likeness (QED) is 0.618. The Bertz CT molecular complexity index is 447. The van der Waals surface area contributed by atoms with Crippen LogP contribution in [-0.4, -0.2) is 23.9 Å². The van der Waals surface area contributed by atoms with Crippen LogP contribution in [0.25, 0.3) is 0 Å². The van der Waals surface area contributed by atoms with Crippen LogP contribution in [-0.2, 0) is 4.74 Å². The normalized spacial score (nSPS) is 9.82. The van der Waals surface area contributed by atoms with E-state index in [-0.39, 0.29) is 6.61 Å². The summed E-state index contributed by atoms with van der Waals surface area (Å²) in [4.78, 5) is 0. The van der Waals surface area contributed by atoms with Gasteiger partial charge >= 0.3 is 0 Å². The second kappa shape index (κ2) is 6.76. The third kappa shape index (κ3) is 7.19. The second-order valence-electron chi connectivity index (χ2n) is 4.02. The molecule has 0 spiro atoms. The Morgan fingerprint density at radius 2 is 1.76 bits per heavy atom. The van der Waals surface area contributed by atoms with E-state index in [0.29, 0.717) is 6.61 Å². The van der Waals surface area contributed by atoms with Gasteiger partial charge in [-0.1, -0.05) is 41.9 Å². The van der Waals surface area contributed by atoms with Gasteiger partial charge in [0.1, 0.15) is 18.8 Å². The van der Waals surface area contributed by atoms with Crippen LogP contribution in [0.1, 0.15) is 19.4 Å². The highest BCUT2D eigenvalue weighted by atomic mass is 16.5. The molecule has 0 atom stereocenters. The van der Waals surface area contributed by atoms with Crippen molar-refractivity contribution in [3.05, 3.63) is 35.9 Å². The number of hydrogen-bond donors (Lipinski definition) is 1.